The van der Waals surface area contributed by atoms with Crippen LogP contribution in [-0.2, 0) is 6.54 Å². The van der Waals surface area contributed by atoms with Crippen LogP contribution in [0.25, 0.3) is 5.65 Å². The smallest absolute Gasteiger partial charge is 0.257 e. The number of fused-ring (bicyclic) bond motifs is 2. The van der Waals surface area contributed by atoms with Crippen LogP contribution in [0.3, 0.4) is 0 Å². The van der Waals surface area contributed by atoms with Crippen LogP contribution in [-0.4, -0.2) is 40.2 Å². The minimum absolute atomic E-state index is 0.239. The van der Waals surface area contributed by atoms with E-state index in [2.05, 4.69) is 15.4 Å². The average Bonchev–Trinajstić information content (AvgIpc) is 3.03. The van der Waals surface area contributed by atoms with Crippen molar-refractivity contribution in [3.05, 3.63) is 53.6 Å². The molecule has 0 saturated carbocycles. The summed E-state index contributed by atoms with van der Waals surface area (Å²) in [6.45, 7) is 2.52. The highest BCUT2D eigenvalue weighted by atomic mass is 19.1. The lowest BCUT2D eigenvalue weighted by molar-refractivity contribution is 0.0928. The molecule has 0 aliphatic carbocycles. The van der Waals surface area contributed by atoms with Gasteiger partial charge in [-0.05, 0) is 31.2 Å². The van der Waals surface area contributed by atoms with Crippen molar-refractivity contribution in [2.75, 3.05) is 18.6 Å². The molecular formula is C18H18FN5O2. The number of aromatic nitrogens is 3. The van der Waals surface area contributed by atoms with E-state index >= 15 is 0 Å². The third kappa shape index (κ3) is 2.94. The second kappa shape index (κ2) is 6.29. The van der Waals surface area contributed by atoms with Crippen molar-refractivity contribution >= 4 is 17.4 Å². The number of nitrogens with one attached hydrogen (secondary N) is 1. The van der Waals surface area contributed by atoms with Crippen molar-refractivity contribution in [2.24, 2.45) is 0 Å². The van der Waals surface area contributed by atoms with Gasteiger partial charge in [-0.15, -0.1) is 0 Å². The van der Waals surface area contributed by atoms with E-state index in [-0.39, 0.29) is 24.4 Å². The van der Waals surface area contributed by atoms with Crippen LogP contribution >= 0.6 is 0 Å². The largest absolute Gasteiger partial charge is 0.491 e. The van der Waals surface area contributed by atoms with Gasteiger partial charge in [0.25, 0.3) is 5.91 Å². The molecule has 134 valence electrons. The molecule has 1 aliphatic heterocycles. The van der Waals surface area contributed by atoms with E-state index < -0.39 is 0 Å². The number of anilines is 1. The first kappa shape index (κ1) is 16.3. The van der Waals surface area contributed by atoms with Crippen LogP contribution < -0.4 is 15.0 Å². The molecule has 0 unspecified atom stereocenters. The number of benzene rings is 1. The SMILES string of the molecule is C[C@@H]1COc2ccc(F)cc2CN(C)c2ccn3ncc(c3n2)C(=O)N1. The second-order valence-corrected chi connectivity index (χ2v) is 6.41. The summed E-state index contributed by atoms with van der Waals surface area (Å²) in [5.41, 5.74) is 1.58. The summed E-state index contributed by atoms with van der Waals surface area (Å²) in [7, 11) is 1.85. The maximum atomic E-state index is 13.7. The maximum absolute atomic E-state index is 13.7. The number of rotatable bonds is 0. The van der Waals surface area contributed by atoms with Crippen molar-refractivity contribution < 1.29 is 13.9 Å². The summed E-state index contributed by atoms with van der Waals surface area (Å²) in [6.07, 6.45) is 3.25. The molecule has 7 nitrogen and oxygen atoms in total. The van der Waals surface area contributed by atoms with E-state index in [1.54, 1.807) is 22.8 Å². The molecule has 3 heterocycles. The molecule has 0 radical (unpaired) electrons. The number of hydrogen-bond donors (Lipinski definition) is 1. The van der Waals surface area contributed by atoms with Crippen LogP contribution in [0.2, 0.25) is 0 Å². The van der Waals surface area contributed by atoms with E-state index in [1.807, 2.05) is 18.9 Å². The molecule has 1 aromatic carbocycles. The van der Waals surface area contributed by atoms with Crippen LogP contribution in [0.5, 0.6) is 5.75 Å². The first-order valence-corrected chi connectivity index (χ1v) is 8.29. The zero-order chi connectivity index (χ0) is 18.3. The molecule has 2 aromatic heterocycles. The molecule has 1 amide bonds. The lowest BCUT2D eigenvalue weighted by atomic mass is 10.2. The Morgan fingerprint density at radius 3 is 3.04 bits per heavy atom. The van der Waals surface area contributed by atoms with Gasteiger partial charge >= 0.3 is 0 Å². The summed E-state index contributed by atoms with van der Waals surface area (Å²) in [4.78, 5) is 19.0. The third-order valence-corrected chi connectivity index (χ3v) is 4.29. The first-order valence-electron chi connectivity index (χ1n) is 8.29. The zero-order valence-electron chi connectivity index (χ0n) is 14.4. The zero-order valence-corrected chi connectivity index (χ0v) is 14.4. The van der Waals surface area contributed by atoms with Gasteiger partial charge in [-0.25, -0.2) is 13.9 Å². The second-order valence-electron chi connectivity index (χ2n) is 6.41. The normalized spacial score (nSPS) is 17.7. The minimum Gasteiger partial charge on any atom is -0.491 e. The van der Waals surface area contributed by atoms with Gasteiger partial charge in [-0.2, -0.15) is 5.10 Å². The summed E-state index contributed by atoms with van der Waals surface area (Å²) in [6, 6.07) is 5.99. The van der Waals surface area contributed by atoms with Crippen LogP contribution in [0.4, 0.5) is 10.2 Å². The molecule has 2 bridgehead atoms. The summed E-state index contributed by atoms with van der Waals surface area (Å²) < 4.78 is 21.1. The van der Waals surface area contributed by atoms with Gasteiger partial charge in [0, 0.05) is 25.4 Å². The topological polar surface area (TPSA) is 71.8 Å². The van der Waals surface area contributed by atoms with E-state index in [0.717, 1.165) is 0 Å². The number of ether oxygens (including phenoxy) is 1. The molecule has 8 heteroatoms. The first-order chi connectivity index (χ1) is 12.5. The summed E-state index contributed by atoms with van der Waals surface area (Å²) in [5, 5.41) is 7.06. The van der Waals surface area contributed by atoms with Gasteiger partial charge in [0.15, 0.2) is 5.65 Å². The van der Waals surface area contributed by atoms with Gasteiger partial charge < -0.3 is 15.0 Å². The van der Waals surface area contributed by atoms with E-state index in [9.17, 15) is 9.18 Å². The fourth-order valence-corrected chi connectivity index (χ4v) is 2.94. The molecule has 4 rings (SSSR count). The van der Waals surface area contributed by atoms with Gasteiger partial charge in [0.05, 0.1) is 12.2 Å². The highest BCUT2D eigenvalue weighted by Crippen LogP contribution is 2.24. The molecule has 0 saturated heterocycles. The van der Waals surface area contributed by atoms with Crippen LogP contribution in [0, 0.1) is 5.82 Å². The Kier molecular flexibility index (Phi) is 3.95. The lowest BCUT2D eigenvalue weighted by Crippen LogP contribution is -2.36. The number of hydrogen-bond acceptors (Lipinski definition) is 5. The number of carbonyl (C=O) groups excluding carboxylic acids is 1. The lowest BCUT2D eigenvalue weighted by Gasteiger charge is -2.21. The van der Waals surface area contributed by atoms with Crippen molar-refractivity contribution in [1.29, 1.82) is 0 Å². The molecule has 1 N–H and O–H groups in total. The fourth-order valence-electron chi connectivity index (χ4n) is 2.94. The predicted octanol–water partition coefficient (Wildman–Crippen LogP) is 2.02. The Balaban J connectivity index is 1.82. The molecule has 1 atom stereocenters. The minimum atomic E-state index is -0.326. The highest BCUT2D eigenvalue weighted by Gasteiger charge is 2.19. The molecular weight excluding hydrogens is 337 g/mol. The van der Waals surface area contributed by atoms with Crippen molar-refractivity contribution in [2.45, 2.75) is 19.5 Å². The predicted molar refractivity (Wildman–Crippen MR) is 93.9 cm³/mol. The standard InChI is InChI=1S/C18H18FN5O2/c1-11-10-26-15-4-3-13(19)7-12(15)9-23(2)16-5-6-24-17(22-16)14(8-20-24)18(25)21-11/h3-8,11H,9-10H2,1-2H3,(H,21,25)/t11-/m1/s1. The fraction of sp³-hybridized carbons (Fsp3) is 0.278. The Morgan fingerprint density at radius 2 is 2.19 bits per heavy atom. The van der Waals surface area contributed by atoms with Gasteiger partial charge in [-0.1, -0.05) is 0 Å². The Labute approximate surface area is 149 Å². The van der Waals surface area contributed by atoms with Gasteiger partial charge in [0.1, 0.15) is 29.6 Å². The van der Waals surface area contributed by atoms with E-state index in [1.165, 1.54) is 18.3 Å². The molecule has 3 aromatic rings. The number of nitrogens with zero attached hydrogens (tertiary/aromatic N) is 4. The summed E-state index contributed by atoms with van der Waals surface area (Å²) >= 11 is 0. The highest BCUT2D eigenvalue weighted by molar-refractivity contribution is 5.99. The third-order valence-electron chi connectivity index (χ3n) is 4.29. The molecule has 0 fully saturated rings. The number of amides is 1. The molecule has 1 aliphatic rings. The number of carbonyl (C=O) groups is 1. The molecule has 0 spiro atoms. The molecule has 26 heavy (non-hydrogen) atoms. The van der Waals surface area contributed by atoms with Gasteiger partial charge in [0.2, 0.25) is 0 Å². The Hall–Kier alpha value is -3.16. The van der Waals surface area contributed by atoms with Crippen LogP contribution in [0.1, 0.15) is 22.8 Å². The monoisotopic (exact) mass is 355 g/mol. The van der Waals surface area contributed by atoms with Crippen molar-refractivity contribution in [3.8, 4) is 5.75 Å². The van der Waals surface area contributed by atoms with E-state index in [0.29, 0.717) is 34.9 Å². The maximum Gasteiger partial charge on any atom is 0.257 e. The van der Waals surface area contributed by atoms with Crippen molar-refractivity contribution in [1.82, 2.24) is 19.9 Å². The van der Waals surface area contributed by atoms with Crippen LogP contribution in [0.15, 0.2) is 36.7 Å². The Bertz CT molecular complexity index is 987. The quantitative estimate of drug-likeness (QED) is 0.668. The summed E-state index contributed by atoms with van der Waals surface area (Å²) in [5.74, 6) is 0.645. The average molecular weight is 355 g/mol. The van der Waals surface area contributed by atoms with E-state index in [4.69, 9.17) is 4.74 Å². The van der Waals surface area contributed by atoms with Crippen molar-refractivity contribution in [3.63, 3.8) is 0 Å². The van der Waals surface area contributed by atoms with Gasteiger partial charge in [-0.3, -0.25) is 4.79 Å². The Morgan fingerprint density at radius 1 is 1.35 bits per heavy atom. The number of halogens is 1.